The Morgan fingerprint density at radius 3 is 2.46 bits per heavy atom. The van der Waals surface area contributed by atoms with Crippen molar-refractivity contribution >= 4 is 44.3 Å². The van der Waals surface area contributed by atoms with Crippen LogP contribution in [0.25, 0.3) is 22.0 Å². The number of aromatic nitrogens is 3. The Morgan fingerprint density at radius 1 is 1.02 bits per heavy atom. The Labute approximate surface area is 247 Å². The standard InChI is InChI=1S/C31H37ClN6O2S/c1-6-21-16-22(17-23-18-33-31(36-30(21)23)35-24-10-12-25(13-11-24)38(4)5)26-14-15-28(34-20(26)3)37-41(39,40)27-9-7-8-19(2)29(27)32/h7-9,14-18,24-25H,6,10-13H2,1-5H3,(H,34,37)(H,33,35,36)/t24-,25-. The number of hydrogen-bond acceptors (Lipinski definition) is 7. The van der Waals surface area contributed by atoms with Crippen LogP contribution in [0.3, 0.4) is 0 Å². The lowest BCUT2D eigenvalue weighted by molar-refractivity contribution is 0.221. The molecule has 1 aliphatic rings. The van der Waals surface area contributed by atoms with Gasteiger partial charge in [-0.1, -0.05) is 30.7 Å². The van der Waals surface area contributed by atoms with Gasteiger partial charge in [-0.15, -0.1) is 0 Å². The molecule has 1 saturated carbocycles. The second kappa shape index (κ2) is 11.9. The second-order valence-corrected chi connectivity index (χ2v) is 13.1. The van der Waals surface area contributed by atoms with Crippen molar-refractivity contribution in [1.82, 2.24) is 19.9 Å². The summed E-state index contributed by atoms with van der Waals surface area (Å²) in [6.07, 6.45) is 7.27. The fourth-order valence-corrected chi connectivity index (χ4v) is 7.16. The van der Waals surface area contributed by atoms with Crippen LogP contribution >= 0.6 is 11.6 Å². The quantitative estimate of drug-likeness (QED) is 0.237. The van der Waals surface area contributed by atoms with Crippen molar-refractivity contribution in [2.75, 3.05) is 24.1 Å². The monoisotopic (exact) mass is 592 g/mol. The van der Waals surface area contributed by atoms with Crippen LogP contribution in [0.15, 0.2) is 53.6 Å². The van der Waals surface area contributed by atoms with Crippen LogP contribution in [0.5, 0.6) is 0 Å². The lowest BCUT2D eigenvalue weighted by atomic mass is 9.90. The minimum atomic E-state index is -3.89. The highest BCUT2D eigenvalue weighted by Gasteiger charge is 2.23. The van der Waals surface area contributed by atoms with Gasteiger partial charge in [0.25, 0.3) is 10.0 Å². The van der Waals surface area contributed by atoms with Gasteiger partial charge in [-0.3, -0.25) is 4.72 Å². The van der Waals surface area contributed by atoms with Gasteiger partial charge in [0.1, 0.15) is 10.7 Å². The molecule has 1 aliphatic carbocycles. The van der Waals surface area contributed by atoms with Crippen molar-refractivity contribution in [3.05, 3.63) is 70.5 Å². The van der Waals surface area contributed by atoms with Gasteiger partial charge in [0.15, 0.2) is 0 Å². The Morgan fingerprint density at radius 2 is 1.78 bits per heavy atom. The molecule has 10 heteroatoms. The molecule has 41 heavy (non-hydrogen) atoms. The molecule has 0 aliphatic heterocycles. The van der Waals surface area contributed by atoms with E-state index < -0.39 is 10.0 Å². The van der Waals surface area contributed by atoms with Crippen molar-refractivity contribution in [2.24, 2.45) is 0 Å². The van der Waals surface area contributed by atoms with Crippen LogP contribution in [0, 0.1) is 13.8 Å². The Bertz CT molecular complexity index is 1680. The number of anilines is 2. The number of sulfonamides is 1. The van der Waals surface area contributed by atoms with E-state index in [9.17, 15) is 8.42 Å². The molecule has 5 rings (SSSR count). The maximum Gasteiger partial charge on any atom is 0.264 e. The Hall–Kier alpha value is -3.27. The number of aryl methyl sites for hydroxylation is 3. The zero-order valence-corrected chi connectivity index (χ0v) is 25.8. The van der Waals surface area contributed by atoms with E-state index in [0.717, 1.165) is 46.9 Å². The van der Waals surface area contributed by atoms with Gasteiger partial charge in [0, 0.05) is 34.9 Å². The minimum absolute atomic E-state index is 0.0277. The number of hydrogen-bond donors (Lipinski definition) is 2. The van der Waals surface area contributed by atoms with Crippen molar-refractivity contribution in [1.29, 1.82) is 0 Å². The van der Waals surface area contributed by atoms with Gasteiger partial charge < -0.3 is 10.2 Å². The smallest absolute Gasteiger partial charge is 0.264 e. The summed E-state index contributed by atoms with van der Waals surface area (Å²) in [7, 11) is 0.418. The number of halogens is 1. The SMILES string of the molecule is CCc1cc(-c2ccc(NS(=O)(=O)c3cccc(C)c3Cl)nc2C)cc2cnc(N[C@H]3CC[C@H](N(C)C)CC3)nc12. The fourth-order valence-electron chi connectivity index (χ4n) is 5.58. The highest BCUT2D eigenvalue weighted by Crippen LogP contribution is 2.32. The van der Waals surface area contributed by atoms with Crippen LogP contribution in [-0.2, 0) is 16.4 Å². The molecule has 0 saturated heterocycles. The summed E-state index contributed by atoms with van der Waals surface area (Å²) in [5.74, 6) is 0.912. The average molecular weight is 593 g/mol. The molecule has 0 unspecified atom stereocenters. The average Bonchev–Trinajstić information content (AvgIpc) is 2.94. The van der Waals surface area contributed by atoms with E-state index in [-0.39, 0.29) is 15.7 Å². The van der Waals surface area contributed by atoms with Crippen LogP contribution in [0.4, 0.5) is 11.8 Å². The van der Waals surface area contributed by atoms with E-state index in [1.54, 1.807) is 25.1 Å². The number of benzene rings is 2. The number of nitrogens with zero attached hydrogens (tertiary/aromatic N) is 4. The molecule has 0 atom stereocenters. The van der Waals surface area contributed by atoms with Crippen LogP contribution in [-0.4, -0.2) is 54.4 Å². The van der Waals surface area contributed by atoms with Gasteiger partial charge in [-0.2, -0.15) is 0 Å². The normalized spacial score (nSPS) is 17.6. The van der Waals surface area contributed by atoms with Crippen molar-refractivity contribution in [3.8, 4) is 11.1 Å². The maximum atomic E-state index is 13.0. The molecule has 0 amide bonds. The summed E-state index contributed by atoms with van der Waals surface area (Å²) in [6, 6.07) is 13.7. The largest absolute Gasteiger partial charge is 0.351 e. The minimum Gasteiger partial charge on any atom is -0.351 e. The highest BCUT2D eigenvalue weighted by atomic mass is 35.5. The molecular weight excluding hydrogens is 556 g/mol. The van der Waals surface area contributed by atoms with Crippen molar-refractivity contribution < 1.29 is 8.42 Å². The second-order valence-electron chi connectivity index (χ2n) is 11.1. The molecule has 4 aromatic rings. The van der Waals surface area contributed by atoms with E-state index in [2.05, 4.69) is 58.1 Å². The van der Waals surface area contributed by atoms with Gasteiger partial charge in [0.2, 0.25) is 5.95 Å². The summed E-state index contributed by atoms with van der Waals surface area (Å²) in [5, 5.41) is 4.73. The van der Waals surface area contributed by atoms with E-state index in [1.165, 1.54) is 18.9 Å². The molecule has 216 valence electrons. The zero-order chi connectivity index (χ0) is 29.3. The summed E-state index contributed by atoms with van der Waals surface area (Å²) in [5.41, 5.74) is 5.36. The first-order valence-corrected chi connectivity index (χ1v) is 15.9. The molecule has 0 bridgehead atoms. The summed E-state index contributed by atoms with van der Waals surface area (Å²) in [4.78, 5) is 16.5. The molecule has 2 heterocycles. The highest BCUT2D eigenvalue weighted by molar-refractivity contribution is 7.92. The van der Waals surface area contributed by atoms with Crippen LogP contribution < -0.4 is 10.0 Å². The molecule has 1 fully saturated rings. The topological polar surface area (TPSA) is 100 Å². The van der Waals surface area contributed by atoms with Crippen LogP contribution in [0.2, 0.25) is 5.02 Å². The molecule has 0 radical (unpaired) electrons. The maximum absolute atomic E-state index is 13.0. The molecule has 2 aromatic carbocycles. The number of nitrogens with one attached hydrogen (secondary N) is 2. The molecule has 2 N–H and O–H groups in total. The summed E-state index contributed by atoms with van der Waals surface area (Å²) in [6.45, 7) is 5.76. The van der Waals surface area contributed by atoms with E-state index >= 15 is 0 Å². The zero-order valence-electron chi connectivity index (χ0n) is 24.2. The first-order chi connectivity index (χ1) is 19.6. The third kappa shape index (κ3) is 6.32. The third-order valence-corrected chi connectivity index (χ3v) is 10.00. The number of pyridine rings is 1. The van der Waals surface area contributed by atoms with Crippen molar-refractivity contribution in [2.45, 2.75) is 69.9 Å². The first-order valence-electron chi connectivity index (χ1n) is 14.0. The number of fused-ring (bicyclic) bond motifs is 1. The molecule has 2 aromatic heterocycles. The number of rotatable bonds is 8. The van der Waals surface area contributed by atoms with Gasteiger partial charge in [0.05, 0.1) is 10.5 Å². The van der Waals surface area contributed by atoms with Gasteiger partial charge in [-0.05, 0) is 107 Å². The Balaban J connectivity index is 1.38. The van der Waals surface area contributed by atoms with Crippen LogP contribution in [0.1, 0.15) is 49.4 Å². The Kier molecular flexibility index (Phi) is 8.50. The van der Waals surface area contributed by atoms with Crippen molar-refractivity contribution in [3.63, 3.8) is 0 Å². The molecule has 8 nitrogen and oxygen atoms in total. The summed E-state index contributed by atoms with van der Waals surface area (Å²) >= 11 is 6.28. The first kappa shape index (κ1) is 29.2. The fraction of sp³-hybridized carbons (Fsp3) is 0.387. The predicted molar refractivity (Wildman–Crippen MR) is 167 cm³/mol. The predicted octanol–water partition coefficient (Wildman–Crippen LogP) is 6.61. The lowest BCUT2D eigenvalue weighted by Crippen LogP contribution is -2.36. The van der Waals surface area contributed by atoms with Gasteiger partial charge in [-0.25, -0.2) is 23.4 Å². The van der Waals surface area contributed by atoms with E-state index in [0.29, 0.717) is 29.3 Å². The lowest BCUT2D eigenvalue weighted by Gasteiger charge is -2.33. The van der Waals surface area contributed by atoms with Gasteiger partial charge >= 0.3 is 0 Å². The molecule has 0 spiro atoms. The summed E-state index contributed by atoms with van der Waals surface area (Å²) < 4.78 is 28.6. The van der Waals surface area contributed by atoms with E-state index in [1.807, 2.05) is 19.2 Å². The van der Waals surface area contributed by atoms with E-state index in [4.69, 9.17) is 16.6 Å². The third-order valence-electron chi connectivity index (χ3n) is 7.98. The molecular formula is C31H37ClN6O2S.